The highest BCUT2D eigenvalue weighted by Crippen LogP contribution is 2.25. The Morgan fingerprint density at radius 2 is 1.85 bits per heavy atom. The van der Waals surface area contributed by atoms with Gasteiger partial charge in [-0.2, -0.15) is 0 Å². The molecule has 0 aliphatic carbocycles. The number of nitrogens with zero attached hydrogens (tertiary/aromatic N) is 2. The Kier molecular flexibility index (Phi) is 3.60. The molecule has 3 nitrogen and oxygen atoms in total. The number of rotatable bonds is 3. The van der Waals surface area contributed by atoms with Gasteiger partial charge in [-0.05, 0) is 35.9 Å². The Morgan fingerprint density at radius 3 is 2.65 bits per heavy atom. The monoisotopic (exact) mass is 332 g/mol. The number of hydrogen-bond donors (Lipinski definition) is 0. The van der Waals surface area contributed by atoms with Crippen molar-refractivity contribution in [2.75, 3.05) is 0 Å². The topological polar surface area (TPSA) is 35.0 Å². The lowest BCUT2D eigenvalue weighted by molar-refractivity contribution is 0.297. The Balaban J connectivity index is 1.87. The molecule has 0 amide bonds. The SMILES string of the molecule is Fc1ccc(COc2ncnc3ccc(Br)cc23)cc1. The van der Waals surface area contributed by atoms with E-state index in [1.54, 1.807) is 12.1 Å². The minimum Gasteiger partial charge on any atom is -0.472 e. The second kappa shape index (κ2) is 5.54. The van der Waals surface area contributed by atoms with E-state index in [2.05, 4.69) is 25.9 Å². The molecule has 0 bridgehead atoms. The van der Waals surface area contributed by atoms with Crippen LogP contribution in [0.3, 0.4) is 0 Å². The molecule has 5 heteroatoms. The van der Waals surface area contributed by atoms with Crippen LogP contribution in [0.1, 0.15) is 5.56 Å². The zero-order valence-electron chi connectivity index (χ0n) is 10.4. The van der Waals surface area contributed by atoms with Crippen LogP contribution in [-0.2, 0) is 6.61 Å². The third kappa shape index (κ3) is 2.77. The van der Waals surface area contributed by atoms with Gasteiger partial charge in [0.25, 0.3) is 0 Å². The number of benzene rings is 2. The van der Waals surface area contributed by atoms with Crippen molar-refractivity contribution in [2.24, 2.45) is 0 Å². The fraction of sp³-hybridized carbons (Fsp3) is 0.0667. The fourth-order valence-electron chi connectivity index (χ4n) is 1.85. The molecule has 0 atom stereocenters. The molecule has 0 spiro atoms. The summed E-state index contributed by atoms with van der Waals surface area (Å²) in [5, 5.41) is 0.837. The highest BCUT2D eigenvalue weighted by Gasteiger charge is 2.06. The van der Waals surface area contributed by atoms with E-state index < -0.39 is 0 Å². The van der Waals surface area contributed by atoms with Gasteiger partial charge in [-0.25, -0.2) is 14.4 Å². The van der Waals surface area contributed by atoms with Crippen LogP contribution in [0.15, 0.2) is 53.3 Å². The molecule has 0 aliphatic heterocycles. The molecule has 0 saturated heterocycles. The third-order valence-electron chi connectivity index (χ3n) is 2.85. The summed E-state index contributed by atoms with van der Waals surface area (Å²) >= 11 is 3.42. The minimum absolute atomic E-state index is 0.259. The maximum Gasteiger partial charge on any atom is 0.224 e. The van der Waals surface area contributed by atoms with Gasteiger partial charge in [0, 0.05) is 4.47 Å². The first-order valence-electron chi connectivity index (χ1n) is 6.00. The number of aromatic nitrogens is 2. The van der Waals surface area contributed by atoms with Gasteiger partial charge in [0.1, 0.15) is 18.8 Å². The molecule has 0 fully saturated rings. The fourth-order valence-corrected chi connectivity index (χ4v) is 2.21. The lowest BCUT2D eigenvalue weighted by Gasteiger charge is -2.08. The quantitative estimate of drug-likeness (QED) is 0.723. The molecule has 0 aliphatic rings. The molecule has 0 saturated carbocycles. The van der Waals surface area contributed by atoms with Gasteiger partial charge < -0.3 is 4.74 Å². The molecule has 0 unspecified atom stereocenters. The van der Waals surface area contributed by atoms with Crippen molar-refractivity contribution in [1.29, 1.82) is 0 Å². The van der Waals surface area contributed by atoms with Crippen LogP contribution < -0.4 is 4.74 Å². The van der Waals surface area contributed by atoms with Crippen LogP contribution in [-0.4, -0.2) is 9.97 Å². The summed E-state index contributed by atoms with van der Waals surface area (Å²) in [5.41, 5.74) is 1.70. The van der Waals surface area contributed by atoms with Crippen LogP contribution in [0, 0.1) is 5.82 Å². The lowest BCUT2D eigenvalue weighted by atomic mass is 10.2. The average Bonchev–Trinajstić information content (AvgIpc) is 2.47. The van der Waals surface area contributed by atoms with E-state index in [1.165, 1.54) is 18.5 Å². The molecular formula is C15H10BrFN2O. The second-order valence-corrected chi connectivity index (χ2v) is 5.17. The molecule has 2 aromatic carbocycles. The number of hydrogen-bond acceptors (Lipinski definition) is 3. The number of fused-ring (bicyclic) bond motifs is 1. The summed E-state index contributed by atoms with van der Waals surface area (Å²) in [5.74, 6) is 0.255. The van der Waals surface area contributed by atoms with Crippen LogP contribution in [0.4, 0.5) is 4.39 Å². The summed E-state index contributed by atoms with van der Waals surface area (Å²) < 4.78 is 19.5. The Morgan fingerprint density at radius 1 is 1.05 bits per heavy atom. The summed E-state index contributed by atoms with van der Waals surface area (Å²) in [6, 6.07) is 11.9. The van der Waals surface area contributed by atoms with Gasteiger partial charge in [-0.3, -0.25) is 0 Å². The van der Waals surface area contributed by atoms with Crippen LogP contribution in [0.5, 0.6) is 5.88 Å². The van der Waals surface area contributed by atoms with E-state index in [-0.39, 0.29) is 5.82 Å². The first-order chi connectivity index (χ1) is 9.72. The van der Waals surface area contributed by atoms with Crippen LogP contribution >= 0.6 is 15.9 Å². The highest BCUT2D eigenvalue weighted by molar-refractivity contribution is 9.10. The van der Waals surface area contributed by atoms with E-state index in [4.69, 9.17) is 4.74 Å². The molecule has 3 aromatic rings. The Hall–Kier alpha value is -2.01. The molecular weight excluding hydrogens is 323 g/mol. The third-order valence-corrected chi connectivity index (χ3v) is 3.34. The van der Waals surface area contributed by atoms with Gasteiger partial charge in [0.15, 0.2) is 0 Å². The first kappa shape index (κ1) is 13.0. The maximum absolute atomic E-state index is 12.8. The summed E-state index contributed by atoms with van der Waals surface area (Å²) in [4.78, 5) is 8.34. The highest BCUT2D eigenvalue weighted by atomic mass is 79.9. The van der Waals surface area contributed by atoms with Crippen molar-refractivity contribution >= 4 is 26.8 Å². The largest absolute Gasteiger partial charge is 0.472 e. The van der Waals surface area contributed by atoms with Crippen molar-refractivity contribution in [2.45, 2.75) is 6.61 Å². The van der Waals surface area contributed by atoms with Crippen molar-refractivity contribution in [3.8, 4) is 5.88 Å². The van der Waals surface area contributed by atoms with Gasteiger partial charge in [-0.1, -0.05) is 28.1 Å². The van der Waals surface area contributed by atoms with Gasteiger partial charge in [0.2, 0.25) is 5.88 Å². The van der Waals surface area contributed by atoms with E-state index >= 15 is 0 Å². The maximum atomic E-state index is 12.8. The van der Waals surface area contributed by atoms with Gasteiger partial charge in [0.05, 0.1) is 10.9 Å². The van der Waals surface area contributed by atoms with E-state index in [0.29, 0.717) is 12.5 Å². The van der Waals surface area contributed by atoms with Gasteiger partial charge >= 0.3 is 0 Å². The average molecular weight is 333 g/mol. The zero-order chi connectivity index (χ0) is 13.9. The predicted octanol–water partition coefficient (Wildman–Crippen LogP) is 4.11. The zero-order valence-corrected chi connectivity index (χ0v) is 12.0. The van der Waals surface area contributed by atoms with Gasteiger partial charge in [-0.15, -0.1) is 0 Å². The second-order valence-electron chi connectivity index (χ2n) is 4.26. The molecule has 3 rings (SSSR count). The summed E-state index contributed by atoms with van der Waals surface area (Å²) in [7, 11) is 0. The molecule has 1 aromatic heterocycles. The van der Waals surface area contributed by atoms with Crippen LogP contribution in [0.2, 0.25) is 0 Å². The standard InChI is InChI=1S/C15H10BrFN2O/c16-11-3-6-14-13(7-11)15(19-9-18-14)20-8-10-1-4-12(17)5-2-10/h1-7,9H,8H2. The summed E-state index contributed by atoms with van der Waals surface area (Å²) in [6.07, 6.45) is 1.47. The van der Waals surface area contributed by atoms with E-state index in [9.17, 15) is 4.39 Å². The van der Waals surface area contributed by atoms with Crippen LogP contribution in [0.25, 0.3) is 10.9 Å². The normalized spacial score (nSPS) is 10.7. The minimum atomic E-state index is -0.259. The molecule has 0 N–H and O–H groups in total. The smallest absolute Gasteiger partial charge is 0.224 e. The molecule has 1 heterocycles. The van der Waals surface area contributed by atoms with E-state index in [0.717, 1.165) is 20.9 Å². The Labute approximate surface area is 123 Å². The van der Waals surface area contributed by atoms with Crippen molar-refractivity contribution in [3.05, 3.63) is 64.6 Å². The summed E-state index contributed by atoms with van der Waals surface area (Å²) in [6.45, 7) is 0.332. The van der Waals surface area contributed by atoms with E-state index in [1.807, 2.05) is 18.2 Å². The van der Waals surface area contributed by atoms with Crippen molar-refractivity contribution in [1.82, 2.24) is 9.97 Å². The molecule has 100 valence electrons. The lowest BCUT2D eigenvalue weighted by Crippen LogP contribution is -1.98. The molecule has 20 heavy (non-hydrogen) atoms. The predicted molar refractivity (Wildman–Crippen MR) is 78.0 cm³/mol. The Bertz CT molecular complexity index is 746. The number of halogens is 2. The van der Waals surface area contributed by atoms with Crippen molar-refractivity contribution in [3.63, 3.8) is 0 Å². The number of ether oxygens (including phenoxy) is 1. The molecule has 0 radical (unpaired) electrons. The van der Waals surface area contributed by atoms with Crippen molar-refractivity contribution < 1.29 is 9.13 Å². The first-order valence-corrected chi connectivity index (χ1v) is 6.79.